The third-order valence-electron chi connectivity index (χ3n) is 7.45. The van der Waals surface area contributed by atoms with Gasteiger partial charge < -0.3 is 10.4 Å². The van der Waals surface area contributed by atoms with Gasteiger partial charge in [-0.05, 0) is 56.2 Å². The maximum atomic E-state index is 14.5. The summed E-state index contributed by atoms with van der Waals surface area (Å²) in [5.74, 6) is -4.95. The topological polar surface area (TPSA) is 110 Å². The first-order valence-corrected chi connectivity index (χ1v) is 12.7. The number of hydrogen-bond acceptors (Lipinski definition) is 6. The summed E-state index contributed by atoms with van der Waals surface area (Å²) in [7, 11) is 0. The summed E-state index contributed by atoms with van der Waals surface area (Å²) >= 11 is 0. The van der Waals surface area contributed by atoms with Gasteiger partial charge in [-0.3, -0.25) is 14.6 Å². The quantitative estimate of drug-likeness (QED) is 0.304. The average molecular weight is 584 g/mol. The highest BCUT2D eigenvalue weighted by atomic mass is 19.4. The summed E-state index contributed by atoms with van der Waals surface area (Å²) in [5, 5.41) is 25.2. The molecule has 0 spiro atoms. The van der Waals surface area contributed by atoms with Crippen LogP contribution in [0.3, 0.4) is 0 Å². The molecule has 2 aliphatic rings. The molecule has 13 heteroatoms. The molecule has 0 aliphatic carbocycles. The van der Waals surface area contributed by atoms with Crippen LogP contribution in [-0.4, -0.2) is 44.0 Å². The molecular formula is C29H22F5N5O3. The Labute approximate surface area is 236 Å². The molecule has 1 aromatic heterocycles. The van der Waals surface area contributed by atoms with Crippen molar-refractivity contribution in [1.82, 2.24) is 15.0 Å². The van der Waals surface area contributed by atoms with E-state index < -0.39 is 58.6 Å². The van der Waals surface area contributed by atoms with Gasteiger partial charge in [0.25, 0.3) is 11.8 Å². The number of pyridine rings is 1. The third kappa shape index (κ3) is 4.94. The lowest BCUT2D eigenvalue weighted by Crippen LogP contribution is -2.60. The zero-order chi connectivity index (χ0) is 30.4. The van der Waals surface area contributed by atoms with Crippen LogP contribution >= 0.6 is 0 Å². The van der Waals surface area contributed by atoms with Crippen LogP contribution in [0.15, 0.2) is 66.1 Å². The molecule has 0 saturated carbocycles. The van der Waals surface area contributed by atoms with Gasteiger partial charge in [-0.2, -0.15) is 18.4 Å². The smallest absolute Gasteiger partial charge is 0.416 e. The number of nitriles is 1. The molecule has 5 rings (SSSR count). The normalized spacial score (nSPS) is 19.1. The van der Waals surface area contributed by atoms with Gasteiger partial charge in [0.1, 0.15) is 23.1 Å². The monoisotopic (exact) mass is 583 g/mol. The number of benzene rings is 2. The number of aliphatic hydroxyl groups is 1. The highest BCUT2D eigenvalue weighted by molar-refractivity contribution is 6.24. The Kier molecular flexibility index (Phi) is 7.20. The number of aliphatic hydroxyl groups excluding tert-OH is 1. The summed E-state index contributed by atoms with van der Waals surface area (Å²) in [6.07, 6.45) is -2.71. The highest BCUT2D eigenvalue weighted by Crippen LogP contribution is 2.42. The largest absolute Gasteiger partial charge is 0.509 e. The molecule has 216 valence electrons. The first-order valence-electron chi connectivity index (χ1n) is 12.7. The number of carbonyl (C=O) groups is 2. The van der Waals surface area contributed by atoms with Gasteiger partial charge in [0.2, 0.25) is 0 Å². The Hall–Kier alpha value is -4.83. The Balaban J connectivity index is 1.55. The van der Waals surface area contributed by atoms with Crippen LogP contribution in [0.1, 0.15) is 36.6 Å². The van der Waals surface area contributed by atoms with Crippen molar-refractivity contribution < 1.29 is 36.6 Å². The minimum Gasteiger partial charge on any atom is -0.509 e. The van der Waals surface area contributed by atoms with Crippen LogP contribution in [0, 0.1) is 23.0 Å². The molecule has 2 aromatic carbocycles. The van der Waals surface area contributed by atoms with E-state index in [1.807, 2.05) is 0 Å². The first-order chi connectivity index (χ1) is 19.8. The second-order valence-corrected chi connectivity index (χ2v) is 10.1. The first kappa shape index (κ1) is 28.7. The van der Waals surface area contributed by atoms with Gasteiger partial charge in [0.05, 0.1) is 17.6 Å². The highest BCUT2D eigenvalue weighted by Gasteiger charge is 2.52. The van der Waals surface area contributed by atoms with Gasteiger partial charge in [0, 0.05) is 35.1 Å². The lowest BCUT2D eigenvalue weighted by atomic mass is 9.90. The molecule has 1 atom stereocenters. The molecule has 0 radical (unpaired) electrons. The van der Waals surface area contributed by atoms with Crippen LogP contribution < -0.4 is 5.32 Å². The van der Waals surface area contributed by atoms with E-state index in [9.17, 15) is 36.6 Å². The van der Waals surface area contributed by atoms with Crippen LogP contribution in [0.5, 0.6) is 0 Å². The summed E-state index contributed by atoms with van der Waals surface area (Å²) < 4.78 is 69.1. The van der Waals surface area contributed by atoms with Crippen LogP contribution in [-0.2, 0) is 22.3 Å². The number of carbonyl (C=O) groups excluding carboxylic acids is 2. The van der Waals surface area contributed by atoms with Crippen molar-refractivity contribution in [3.8, 4) is 17.2 Å². The fourth-order valence-electron chi connectivity index (χ4n) is 5.25. The Morgan fingerprint density at radius 3 is 2.62 bits per heavy atom. The van der Waals surface area contributed by atoms with E-state index in [4.69, 9.17) is 5.26 Å². The molecule has 2 N–H and O–H groups in total. The van der Waals surface area contributed by atoms with Crippen molar-refractivity contribution in [2.24, 2.45) is 0 Å². The minimum absolute atomic E-state index is 0.0170. The summed E-state index contributed by atoms with van der Waals surface area (Å²) in [6.45, 7) is 1.44. The number of nitrogens with zero attached hydrogens (tertiary/aromatic N) is 4. The molecular weight excluding hydrogens is 561 g/mol. The fourth-order valence-corrected chi connectivity index (χ4v) is 5.25. The maximum Gasteiger partial charge on any atom is 0.416 e. The van der Waals surface area contributed by atoms with Crippen molar-refractivity contribution >= 4 is 17.5 Å². The number of anilines is 1. The van der Waals surface area contributed by atoms with E-state index in [0.717, 1.165) is 29.3 Å². The molecule has 1 fully saturated rings. The lowest BCUT2D eigenvalue weighted by molar-refractivity contribution is -0.160. The maximum absolute atomic E-state index is 14.5. The molecule has 1 saturated heterocycles. The number of halogens is 5. The SMILES string of the molecule is C[C@]12CCCN1N(Cc1cccc(F)c1F)C(=O)C(C(=O)Nc1ccc(C(F)(F)F)cc1-c1ccc(C#N)nc1)=C2O. The zero-order valence-electron chi connectivity index (χ0n) is 22.0. The summed E-state index contributed by atoms with van der Waals surface area (Å²) in [5.41, 5.74) is -3.17. The van der Waals surface area contributed by atoms with E-state index in [2.05, 4.69) is 10.3 Å². The standard InChI is InChI=1S/C29H22F5N5O3/c1-28-10-3-11-39(28)38(15-17-4-2-5-21(30)24(17)31)27(42)23(25(28)40)26(41)37-22-9-7-18(29(32,33)34)12-20(22)16-6-8-19(13-35)36-14-16/h2,4-9,12,14,40H,3,10-11,15H2,1H3,(H,37,41)/t28-/m1/s1. The minimum atomic E-state index is -4.72. The molecule has 3 heterocycles. The van der Waals surface area contributed by atoms with Crippen molar-refractivity contribution in [3.05, 3.63) is 94.5 Å². The molecule has 8 nitrogen and oxygen atoms in total. The van der Waals surface area contributed by atoms with E-state index >= 15 is 0 Å². The van der Waals surface area contributed by atoms with Gasteiger partial charge in [-0.25, -0.2) is 18.8 Å². The Bertz CT molecular complexity index is 1670. The molecule has 3 aromatic rings. The van der Waals surface area contributed by atoms with Crippen LogP contribution in [0.4, 0.5) is 27.6 Å². The Morgan fingerprint density at radius 2 is 1.95 bits per heavy atom. The fraction of sp³-hybridized carbons (Fsp3) is 0.241. The predicted octanol–water partition coefficient (Wildman–Crippen LogP) is 5.48. The lowest BCUT2D eigenvalue weighted by Gasteiger charge is -2.46. The molecule has 42 heavy (non-hydrogen) atoms. The van der Waals surface area contributed by atoms with Gasteiger partial charge in [-0.1, -0.05) is 12.1 Å². The molecule has 0 unspecified atom stereocenters. The molecule has 2 amide bonds. The van der Waals surface area contributed by atoms with Crippen molar-refractivity contribution in [2.45, 2.75) is 38.0 Å². The summed E-state index contributed by atoms with van der Waals surface area (Å²) in [4.78, 5) is 31.1. The number of alkyl halides is 3. The van der Waals surface area contributed by atoms with Gasteiger partial charge in [0.15, 0.2) is 11.6 Å². The van der Waals surface area contributed by atoms with Crippen LogP contribution in [0.2, 0.25) is 0 Å². The second-order valence-electron chi connectivity index (χ2n) is 10.1. The molecule has 0 bridgehead atoms. The van der Waals surface area contributed by atoms with E-state index in [-0.39, 0.29) is 34.6 Å². The van der Waals surface area contributed by atoms with E-state index in [1.165, 1.54) is 35.5 Å². The van der Waals surface area contributed by atoms with Crippen LogP contribution in [0.25, 0.3) is 11.1 Å². The van der Waals surface area contributed by atoms with E-state index in [0.29, 0.717) is 12.8 Å². The number of hydrogen-bond donors (Lipinski definition) is 2. The van der Waals surface area contributed by atoms with E-state index in [1.54, 1.807) is 13.0 Å². The number of aromatic nitrogens is 1. The number of fused-ring (bicyclic) bond motifs is 1. The average Bonchev–Trinajstić information content (AvgIpc) is 3.36. The van der Waals surface area contributed by atoms with Gasteiger partial charge >= 0.3 is 6.18 Å². The molecule has 2 aliphatic heterocycles. The van der Waals surface area contributed by atoms with Gasteiger partial charge in [-0.15, -0.1) is 0 Å². The Morgan fingerprint density at radius 1 is 1.19 bits per heavy atom. The predicted molar refractivity (Wildman–Crippen MR) is 139 cm³/mol. The number of amides is 2. The van der Waals surface area contributed by atoms with Crippen molar-refractivity contribution in [3.63, 3.8) is 0 Å². The zero-order valence-corrected chi connectivity index (χ0v) is 22.0. The number of nitrogens with one attached hydrogen (secondary N) is 1. The van der Waals surface area contributed by atoms with Crippen molar-refractivity contribution in [1.29, 1.82) is 5.26 Å². The number of rotatable bonds is 5. The summed E-state index contributed by atoms with van der Waals surface area (Å²) in [6, 6.07) is 10.5. The van der Waals surface area contributed by atoms with Crippen molar-refractivity contribution in [2.75, 3.05) is 11.9 Å². The second kappa shape index (κ2) is 10.5. The third-order valence-corrected chi connectivity index (χ3v) is 7.45. The number of hydrazine groups is 1.